The van der Waals surface area contributed by atoms with E-state index in [1.807, 2.05) is 20.8 Å². The van der Waals surface area contributed by atoms with E-state index in [2.05, 4.69) is 5.10 Å². The van der Waals surface area contributed by atoms with E-state index in [0.717, 1.165) is 17.2 Å². The number of fused-ring (bicyclic) bond motifs is 1. The molecule has 0 aromatic carbocycles. The van der Waals surface area contributed by atoms with Crippen molar-refractivity contribution in [2.45, 2.75) is 26.3 Å². The molecule has 0 saturated carbocycles. The Morgan fingerprint density at radius 2 is 2.23 bits per heavy atom. The topological polar surface area (TPSA) is 32.7 Å². The van der Waals surface area contributed by atoms with Crippen molar-refractivity contribution in [2.75, 3.05) is 11.5 Å². The van der Waals surface area contributed by atoms with Gasteiger partial charge in [-0.1, -0.05) is 0 Å². The minimum Gasteiger partial charge on any atom is -0.272 e. The molecule has 1 amide bonds. The van der Waals surface area contributed by atoms with Crippen LogP contribution in [0.4, 0.5) is 0 Å². The third-order valence-corrected chi connectivity index (χ3v) is 3.38. The van der Waals surface area contributed by atoms with E-state index in [9.17, 15) is 4.79 Å². The Balaban J connectivity index is 2.27. The lowest BCUT2D eigenvalue weighted by atomic mass is 10.0. The maximum absolute atomic E-state index is 11.8. The van der Waals surface area contributed by atoms with Crippen molar-refractivity contribution in [1.29, 1.82) is 0 Å². The summed E-state index contributed by atoms with van der Waals surface area (Å²) in [5, 5.41) is 6.03. The van der Waals surface area contributed by atoms with Gasteiger partial charge < -0.3 is 0 Å². The molecule has 0 spiro atoms. The van der Waals surface area contributed by atoms with Gasteiger partial charge in [-0.3, -0.25) is 4.79 Å². The summed E-state index contributed by atoms with van der Waals surface area (Å²) in [5.41, 5.74) is 0.906. The van der Waals surface area contributed by atoms with Crippen LogP contribution in [0.3, 0.4) is 0 Å². The van der Waals surface area contributed by atoms with Gasteiger partial charge in [-0.05, 0) is 20.8 Å². The number of hydrazone groups is 1. The van der Waals surface area contributed by atoms with Gasteiger partial charge in [0.05, 0.1) is 17.2 Å². The number of hydrogen-bond acceptors (Lipinski definition) is 3. The average molecular weight is 198 g/mol. The first kappa shape index (κ1) is 9.06. The van der Waals surface area contributed by atoms with E-state index < -0.39 is 0 Å². The lowest BCUT2D eigenvalue weighted by Gasteiger charge is -2.28. The van der Waals surface area contributed by atoms with Gasteiger partial charge in [0, 0.05) is 11.5 Å². The first-order valence-electron chi connectivity index (χ1n) is 4.49. The quantitative estimate of drug-likeness (QED) is 0.588. The van der Waals surface area contributed by atoms with Crippen LogP contribution in [-0.2, 0) is 4.79 Å². The molecule has 2 aliphatic heterocycles. The molecule has 2 aliphatic rings. The highest BCUT2D eigenvalue weighted by atomic mass is 32.2. The van der Waals surface area contributed by atoms with Crippen molar-refractivity contribution in [2.24, 2.45) is 11.0 Å². The molecule has 0 bridgehead atoms. The first-order chi connectivity index (χ1) is 6.00. The zero-order chi connectivity index (χ0) is 9.64. The van der Waals surface area contributed by atoms with E-state index in [-0.39, 0.29) is 17.4 Å². The van der Waals surface area contributed by atoms with E-state index >= 15 is 0 Å². The Kier molecular flexibility index (Phi) is 1.91. The van der Waals surface area contributed by atoms with Gasteiger partial charge in [0.1, 0.15) is 0 Å². The highest BCUT2D eigenvalue weighted by Gasteiger charge is 2.42. The lowest BCUT2D eigenvalue weighted by molar-refractivity contribution is -0.135. The number of carbonyl (C=O) groups is 1. The van der Waals surface area contributed by atoms with Crippen molar-refractivity contribution in [1.82, 2.24) is 5.01 Å². The average Bonchev–Trinajstić information content (AvgIpc) is 2.51. The van der Waals surface area contributed by atoms with Gasteiger partial charge in [-0.25, -0.2) is 5.01 Å². The summed E-state index contributed by atoms with van der Waals surface area (Å²) in [6, 6.07) is 0. The zero-order valence-electron chi connectivity index (χ0n) is 8.20. The van der Waals surface area contributed by atoms with Crippen molar-refractivity contribution < 1.29 is 4.79 Å². The van der Waals surface area contributed by atoms with Gasteiger partial charge in [-0.2, -0.15) is 16.9 Å². The maximum Gasteiger partial charge on any atom is 0.252 e. The molecule has 0 aromatic rings. The number of thioether (sulfide) groups is 1. The molecule has 0 radical (unpaired) electrons. The standard InChI is InChI=1S/C9H14N2OS/c1-9(2,3)11-8(12)6-4-13-5-7(6)10-11/h6H,4-5H2,1-3H3. The third-order valence-electron chi connectivity index (χ3n) is 2.31. The fourth-order valence-corrected chi connectivity index (χ4v) is 2.75. The molecule has 13 heavy (non-hydrogen) atoms. The molecule has 3 nitrogen and oxygen atoms in total. The molecule has 2 heterocycles. The van der Waals surface area contributed by atoms with Crippen LogP contribution in [0.1, 0.15) is 20.8 Å². The van der Waals surface area contributed by atoms with Gasteiger partial charge in [0.15, 0.2) is 0 Å². The second-order valence-electron chi connectivity index (χ2n) is 4.48. The van der Waals surface area contributed by atoms with Gasteiger partial charge in [0.2, 0.25) is 0 Å². The minimum atomic E-state index is -0.168. The van der Waals surface area contributed by atoms with Crippen molar-refractivity contribution >= 4 is 23.4 Å². The summed E-state index contributed by atoms with van der Waals surface area (Å²) in [6.45, 7) is 6.05. The fraction of sp³-hybridized carbons (Fsp3) is 0.778. The number of hydrogen-bond donors (Lipinski definition) is 0. The molecule has 72 valence electrons. The molecule has 1 fully saturated rings. The van der Waals surface area contributed by atoms with Gasteiger partial charge in [-0.15, -0.1) is 0 Å². The number of nitrogens with zero attached hydrogens (tertiary/aromatic N) is 2. The summed E-state index contributed by atoms with van der Waals surface area (Å²) >= 11 is 1.80. The van der Waals surface area contributed by atoms with Crippen LogP contribution < -0.4 is 0 Å². The van der Waals surface area contributed by atoms with Crippen LogP contribution in [0, 0.1) is 5.92 Å². The molecule has 2 rings (SSSR count). The van der Waals surface area contributed by atoms with Crippen LogP contribution in [-0.4, -0.2) is 33.7 Å². The minimum absolute atomic E-state index is 0.0872. The highest BCUT2D eigenvalue weighted by Crippen LogP contribution is 2.32. The Bertz CT molecular complexity index is 280. The van der Waals surface area contributed by atoms with Crippen molar-refractivity contribution in [3.05, 3.63) is 0 Å². The maximum atomic E-state index is 11.8. The summed E-state index contributed by atoms with van der Waals surface area (Å²) < 4.78 is 0. The van der Waals surface area contributed by atoms with E-state index in [1.54, 1.807) is 16.8 Å². The van der Waals surface area contributed by atoms with Gasteiger partial charge in [0.25, 0.3) is 5.91 Å². The Morgan fingerprint density at radius 3 is 2.77 bits per heavy atom. The summed E-state index contributed by atoms with van der Waals surface area (Å²) in [6.07, 6.45) is 0. The van der Waals surface area contributed by atoms with Crippen LogP contribution >= 0.6 is 11.8 Å². The second kappa shape index (κ2) is 2.74. The predicted octanol–water partition coefficient (Wildman–Crippen LogP) is 1.35. The lowest BCUT2D eigenvalue weighted by Crippen LogP contribution is -2.41. The number of amides is 1. The van der Waals surface area contributed by atoms with Crippen molar-refractivity contribution in [3.8, 4) is 0 Å². The van der Waals surface area contributed by atoms with Crippen LogP contribution in [0.2, 0.25) is 0 Å². The molecular weight excluding hydrogens is 184 g/mol. The zero-order valence-corrected chi connectivity index (χ0v) is 9.02. The van der Waals surface area contributed by atoms with Crippen molar-refractivity contribution in [3.63, 3.8) is 0 Å². The Morgan fingerprint density at radius 1 is 1.54 bits per heavy atom. The van der Waals surface area contributed by atoms with Crippen LogP contribution in [0.15, 0.2) is 5.10 Å². The van der Waals surface area contributed by atoms with Crippen LogP contribution in [0.25, 0.3) is 0 Å². The van der Waals surface area contributed by atoms with E-state index in [1.165, 1.54) is 0 Å². The largest absolute Gasteiger partial charge is 0.272 e. The highest BCUT2D eigenvalue weighted by molar-refractivity contribution is 8.00. The van der Waals surface area contributed by atoms with Crippen LogP contribution in [0.5, 0.6) is 0 Å². The van der Waals surface area contributed by atoms with E-state index in [4.69, 9.17) is 0 Å². The Labute approximate surface area is 82.6 Å². The molecule has 1 saturated heterocycles. The molecule has 1 unspecified atom stereocenters. The molecule has 0 N–H and O–H groups in total. The summed E-state index contributed by atoms with van der Waals surface area (Å²) in [7, 11) is 0. The molecule has 4 heteroatoms. The first-order valence-corrected chi connectivity index (χ1v) is 5.65. The summed E-state index contributed by atoms with van der Waals surface area (Å²) in [4.78, 5) is 11.8. The Hall–Kier alpha value is -0.510. The SMILES string of the molecule is CC(C)(C)N1N=C2CSCC2C1=O. The second-order valence-corrected chi connectivity index (χ2v) is 5.51. The molecule has 0 aromatic heterocycles. The monoisotopic (exact) mass is 198 g/mol. The predicted molar refractivity (Wildman–Crippen MR) is 54.8 cm³/mol. The number of carbonyl (C=O) groups excluding carboxylic acids is 1. The van der Waals surface area contributed by atoms with Gasteiger partial charge >= 0.3 is 0 Å². The third kappa shape index (κ3) is 1.37. The molecule has 1 atom stereocenters. The number of rotatable bonds is 0. The fourth-order valence-electron chi connectivity index (χ4n) is 1.60. The molecule has 0 aliphatic carbocycles. The normalized spacial score (nSPS) is 27.9. The van der Waals surface area contributed by atoms with E-state index in [0.29, 0.717) is 0 Å². The molecular formula is C9H14N2OS. The smallest absolute Gasteiger partial charge is 0.252 e. The summed E-state index contributed by atoms with van der Waals surface area (Å²) in [5.74, 6) is 2.13.